The minimum Gasteiger partial charge on any atom is -0.352 e. The SMILES string of the molecule is CCc1ccccc1C(=O)NCC(C)CCl. The highest BCUT2D eigenvalue weighted by Crippen LogP contribution is 2.09. The van der Waals surface area contributed by atoms with Gasteiger partial charge >= 0.3 is 0 Å². The molecule has 0 heterocycles. The van der Waals surface area contributed by atoms with E-state index in [1.54, 1.807) is 0 Å². The lowest BCUT2D eigenvalue weighted by Gasteiger charge is -2.11. The molecule has 1 unspecified atom stereocenters. The third-order valence-electron chi connectivity index (χ3n) is 2.52. The highest BCUT2D eigenvalue weighted by molar-refractivity contribution is 6.18. The number of carbonyl (C=O) groups excluding carboxylic acids is 1. The van der Waals surface area contributed by atoms with Crippen LogP contribution in [-0.2, 0) is 6.42 Å². The van der Waals surface area contributed by atoms with Crippen molar-refractivity contribution in [1.82, 2.24) is 5.32 Å². The van der Waals surface area contributed by atoms with E-state index in [9.17, 15) is 4.79 Å². The summed E-state index contributed by atoms with van der Waals surface area (Å²) < 4.78 is 0. The molecule has 0 aliphatic rings. The average Bonchev–Trinajstić information content (AvgIpc) is 2.35. The molecule has 3 heteroatoms. The number of hydrogen-bond donors (Lipinski definition) is 1. The van der Waals surface area contributed by atoms with Crippen molar-refractivity contribution in [2.45, 2.75) is 20.3 Å². The van der Waals surface area contributed by atoms with E-state index in [-0.39, 0.29) is 5.91 Å². The van der Waals surface area contributed by atoms with E-state index in [4.69, 9.17) is 11.6 Å². The van der Waals surface area contributed by atoms with Gasteiger partial charge in [0, 0.05) is 18.0 Å². The summed E-state index contributed by atoms with van der Waals surface area (Å²) in [5.41, 5.74) is 1.85. The van der Waals surface area contributed by atoms with Crippen molar-refractivity contribution in [3.8, 4) is 0 Å². The molecule has 1 atom stereocenters. The van der Waals surface area contributed by atoms with E-state index >= 15 is 0 Å². The molecule has 0 bridgehead atoms. The molecule has 0 fully saturated rings. The van der Waals surface area contributed by atoms with E-state index in [0.29, 0.717) is 18.3 Å². The van der Waals surface area contributed by atoms with Crippen LogP contribution in [0.15, 0.2) is 24.3 Å². The lowest BCUT2D eigenvalue weighted by molar-refractivity contribution is 0.0948. The van der Waals surface area contributed by atoms with Crippen LogP contribution in [0.3, 0.4) is 0 Å². The quantitative estimate of drug-likeness (QED) is 0.787. The van der Waals surface area contributed by atoms with E-state index < -0.39 is 0 Å². The number of benzene rings is 1. The standard InChI is InChI=1S/C13H18ClNO/c1-3-11-6-4-5-7-12(11)13(16)15-9-10(2)8-14/h4-7,10H,3,8-9H2,1-2H3,(H,15,16). The van der Waals surface area contributed by atoms with Gasteiger partial charge in [0.05, 0.1) is 0 Å². The number of hydrogen-bond acceptors (Lipinski definition) is 1. The summed E-state index contributed by atoms with van der Waals surface area (Å²) in [6.45, 7) is 4.69. The predicted octanol–water partition coefficient (Wildman–Crippen LogP) is 2.85. The van der Waals surface area contributed by atoms with Crippen LogP contribution in [0.1, 0.15) is 29.8 Å². The minimum absolute atomic E-state index is 0.00517. The van der Waals surface area contributed by atoms with Crippen molar-refractivity contribution < 1.29 is 4.79 Å². The van der Waals surface area contributed by atoms with Crippen molar-refractivity contribution in [1.29, 1.82) is 0 Å². The van der Waals surface area contributed by atoms with Gasteiger partial charge in [0.15, 0.2) is 0 Å². The van der Waals surface area contributed by atoms with Crippen LogP contribution in [0.5, 0.6) is 0 Å². The summed E-state index contributed by atoms with van der Waals surface area (Å²) in [6, 6.07) is 7.69. The fourth-order valence-corrected chi connectivity index (χ4v) is 1.58. The number of nitrogens with one attached hydrogen (secondary N) is 1. The van der Waals surface area contributed by atoms with Crippen LogP contribution in [0, 0.1) is 5.92 Å². The Bertz CT molecular complexity index is 352. The number of amides is 1. The highest BCUT2D eigenvalue weighted by atomic mass is 35.5. The van der Waals surface area contributed by atoms with Crippen molar-refractivity contribution >= 4 is 17.5 Å². The summed E-state index contributed by atoms with van der Waals surface area (Å²) in [7, 11) is 0. The van der Waals surface area contributed by atoms with E-state index in [0.717, 1.165) is 17.5 Å². The Hall–Kier alpha value is -1.02. The molecule has 0 saturated carbocycles. The molecule has 0 aliphatic carbocycles. The predicted molar refractivity (Wildman–Crippen MR) is 68.0 cm³/mol. The number of alkyl halides is 1. The van der Waals surface area contributed by atoms with Gasteiger partial charge < -0.3 is 5.32 Å². The molecule has 0 radical (unpaired) electrons. The molecular weight excluding hydrogens is 222 g/mol. The van der Waals surface area contributed by atoms with Crippen LogP contribution in [0.4, 0.5) is 0 Å². The summed E-state index contributed by atoms with van der Waals surface area (Å²) in [6.07, 6.45) is 0.870. The number of rotatable bonds is 5. The second-order valence-corrected chi connectivity index (χ2v) is 4.29. The van der Waals surface area contributed by atoms with Gasteiger partial charge in [-0.3, -0.25) is 4.79 Å². The molecular formula is C13H18ClNO. The molecule has 1 N–H and O–H groups in total. The summed E-state index contributed by atoms with van der Waals surface area (Å²) in [5.74, 6) is 0.865. The van der Waals surface area contributed by atoms with Gasteiger partial charge in [-0.05, 0) is 24.0 Å². The van der Waals surface area contributed by atoms with Crippen molar-refractivity contribution in [3.63, 3.8) is 0 Å². The molecule has 2 nitrogen and oxygen atoms in total. The van der Waals surface area contributed by atoms with Crippen molar-refractivity contribution in [2.24, 2.45) is 5.92 Å². The molecule has 0 saturated heterocycles. The molecule has 1 amide bonds. The Labute approximate surface area is 102 Å². The first-order valence-electron chi connectivity index (χ1n) is 5.61. The Morgan fingerprint density at radius 3 is 2.75 bits per heavy atom. The van der Waals surface area contributed by atoms with Crippen LogP contribution < -0.4 is 5.32 Å². The van der Waals surface area contributed by atoms with Gasteiger partial charge in [-0.15, -0.1) is 11.6 Å². The maximum absolute atomic E-state index is 11.9. The molecule has 16 heavy (non-hydrogen) atoms. The van der Waals surface area contributed by atoms with E-state index in [2.05, 4.69) is 5.32 Å². The Kier molecular flexibility index (Phi) is 5.33. The van der Waals surface area contributed by atoms with Crippen LogP contribution in [0.2, 0.25) is 0 Å². The first-order chi connectivity index (χ1) is 7.69. The molecule has 0 aliphatic heterocycles. The summed E-state index contributed by atoms with van der Waals surface area (Å²) in [5, 5.41) is 2.90. The lowest BCUT2D eigenvalue weighted by Crippen LogP contribution is -2.29. The fraction of sp³-hybridized carbons (Fsp3) is 0.462. The molecule has 1 aromatic carbocycles. The first-order valence-corrected chi connectivity index (χ1v) is 6.14. The van der Waals surface area contributed by atoms with Gasteiger partial charge in [-0.2, -0.15) is 0 Å². The number of halogens is 1. The Morgan fingerprint density at radius 2 is 2.12 bits per heavy atom. The number of aryl methyl sites for hydroxylation is 1. The van der Waals surface area contributed by atoms with Gasteiger partial charge in [-0.25, -0.2) is 0 Å². The fourth-order valence-electron chi connectivity index (χ4n) is 1.47. The molecule has 1 aromatic rings. The maximum Gasteiger partial charge on any atom is 0.251 e. The third kappa shape index (κ3) is 3.53. The smallest absolute Gasteiger partial charge is 0.251 e. The van der Waals surface area contributed by atoms with Gasteiger partial charge in [0.25, 0.3) is 5.91 Å². The monoisotopic (exact) mass is 239 g/mol. The highest BCUT2D eigenvalue weighted by Gasteiger charge is 2.10. The largest absolute Gasteiger partial charge is 0.352 e. The van der Waals surface area contributed by atoms with Gasteiger partial charge in [-0.1, -0.05) is 32.0 Å². The van der Waals surface area contributed by atoms with E-state index in [1.165, 1.54) is 0 Å². The zero-order valence-corrected chi connectivity index (χ0v) is 10.6. The minimum atomic E-state index is -0.00517. The summed E-state index contributed by atoms with van der Waals surface area (Å²) in [4.78, 5) is 11.9. The van der Waals surface area contributed by atoms with Crippen LogP contribution >= 0.6 is 11.6 Å². The number of carbonyl (C=O) groups is 1. The maximum atomic E-state index is 11.9. The zero-order valence-electron chi connectivity index (χ0n) is 9.79. The van der Waals surface area contributed by atoms with Gasteiger partial charge in [0.1, 0.15) is 0 Å². The zero-order chi connectivity index (χ0) is 12.0. The second-order valence-electron chi connectivity index (χ2n) is 3.98. The lowest BCUT2D eigenvalue weighted by atomic mass is 10.0. The topological polar surface area (TPSA) is 29.1 Å². The molecule has 0 spiro atoms. The molecule has 88 valence electrons. The molecule has 1 rings (SSSR count). The molecule has 0 aromatic heterocycles. The van der Waals surface area contributed by atoms with Gasteiger partial charge in [0.2, 0.25) is 0 Å². The normalized spacial score (nSPS) is 12.2. The average molecular weight is 240 g/mol. The Balaban J connectivity index is 2.65. The van der Waals surface area contributed by atoms with Crippen LogP contribution in [-0.4, -0.2) is 18.3 Å². The van der Waals surface area contributed by atoms with Crippen LogP contribution in [0.25, 0.3) is 0 Å². The van der Waals surface area contributed by atoms with E-state index in [1.807, 2.05) is 38.1 Å². The summed E-state index contributed by atoms with van der Waals surface area (Å²) >= 11 is 5.69. The second kappa shape index (κ2) is 6.54. The first kappa shape index (κ1) is 13.0. The van der Waals surface area contributed by atoms with Crippen molar-refractivity contribution in [3.05, 3.63) is 35.4 Å². The van der Waals surface area contributed by atoms with Crippen molar-refractivity contribution in [2.75, 3.05) is 12.4 Å². The Morgan fingerprint density at radius 1 is 1.44 bits per heavy atom. The third-order valence-corrected chi connectivity index (χ3v) is 3.04.